The molecule has 0 spiro atoms. The number of benzene rings is 6. The molecular formula is C40H26F3N3. The van der Waals surface area contributed by atoms with Crippen molar-refractivity contribution in [3.8, 4) is 22.5 Å². The largest absolute Gasteiger partial charge is 0.416 e. The molecule has 0 fully saturated rings. The summed E-state index contributed by atoms with van der Waals surface area (Å²) in [6.07, 6.45) is -4.55. The minimum Gasteiger partial charge on any atom is -0.310 e. The van der Waals surface area contributed by atoms with Gasteiger partial charge in [-0.05, 0) is 74.5 Å². The van der Waals surface area contributed by atoms with Gasteiger partial charge < -0.3 is 9.13 Å². The summed E-state index contributed by atoms with van der Waals surface area (Å²) in [4.78, 5) is 3.72. The van der Waals surface area contributed by atoms with Gasteiger partial charge in [0.15, 0.2) is 5.69 Å². The Kier molecular flexibility index (Phi) is 6.10. The third-order valence-corrected chi connectivity index (χ3v) is 8.86. The van der Waals surface area contributed by atoms with Crippen LogP contribution in [0.25, 0.3) is 71.0 Å². The van der Waals surface area contributed by atoms with Crippen molar-refractivity contribution < 1.29 is 13.2 Å². The number of hydrogen-bond acceptors (Lipinski definition) is 0. The van der Waals surface area contributed by atoms with Crippen LogP contribution in [-0.4, -0.2) is 9.13 Å². The second-order valence-electron chi connectivity index (χ2n) is 11.8. The van der Waals surface area contributed by atoms with Crippen molar-refractivity contribution in [2.45, 2.75) is 20.0 Å². The number of hydrogen-bond donors (Lipinski definition) is 0. The molecule has 0 saturated carbocycles. The molecule has 0 radical (unpaired) electrons. The van der Waals surface area contributed by atoms with Crippen molar-refractivity contribution in [1.29, 1.82) is 0 Å². The van der Waals surface area contributed by atoms with Crippen molar-refractivity contribution in [3.05, 3.63) is 149 Å². The molecule has 0 aliphatic carbocycles. The SMILES string of the molecule is [C-]#[N+]c1ccc(-c2cc(C(F)(F)F)ccc2-n2c3ccccc3c3cc(C)ccc32)c(-n2c3ccccc3c3cc(C)ccc32)c1. The predicted octanol–water partition coefficient (Wildman–Crippen LogP) is 11.7. The number of alkyl halides is 3. The molecule has 0 atom stereocenters. The zero-order chi connectivity index (χ0) is 31.7. The molecule has 3 nitrogen and oxygen atoms in total. The highest BCUT2D eigenvalue weighted by atomic mass is 19.4. The van der Waals surface area contributed by atoms with Gasteiger partial charge in [0.1, 0.15) is 0 Å². The van der Waals surface area contributed by atoms with E-state index in [-0.39, 0.29) is 0 Å². The van der Waals surface area contributed by atoms with Gasteiger partial charge >= 0.3 is 6.18 Å². The van der Waals surface area contributed by atoms with E-state index in [1.165, 1.54) is 6.07 Å². The fourth-order valence-corrected chi connectivity index (χ4v) is 6.82. The van der Waals surface area contributed by atoms with Crippen molar-refractivity contribution in [1.82, 2.24) is 9.13 Å². The van der Waals surface area contributed by atoms with Crippen molar-refractivity contribution in [2.75, 3.05) is 0 Å². The molecule has 6 aromatic carbocycles. The Morgan fingerprint density at radius 1 is 0.522 bits per heavy atom. The van der Waals surface area contributed by atoms with E-state index in [4.69, 9.17) is 6.57 Å². The lowest BCUT2D eigenvalue weighted by Crippen LogP contribution is -2.08. The van der Waals surface area contributed by atoms with Crippen LogP contribution in [0.5, 0.6) is 0 Å². The maximum absolute atomic E-state index is 14.4. The molecule has 2 heterocycles. The Bertz CT molecular complexity index is 2560. The maximum atomic E-state index is 14.4. The number of para-hydroxylation sites is 2. The lowest BCUT2D eigenvalue weighted by atomic mass is 9.97. The van der Waals surface area contributed by atoms with E-state index in [0.29, 0.717) is 28.2 Å². The van der Waals surface area contributed by atoms with E-state index in [0.717, 1.165) is 60.8 Å². The quantitative estimate of drug-likeness (QED) is 0.178. The van der Waals surface area contributed by atoms with E-state index >= 15 is 0 Å². The first kappa shape index (κ1) is 27.7. The molecule has 0 aliphatic rings. The highest BCUT2D eigenvalue weighted by molar-refractivity contribution is 6.11. The van der Waals surface area contributed by atoms with Crippen LogP contribution in [0.15, 0.2) is 121 Å². The topological polar surface area (TPSA) is 14.2 Å². The van der Waals surface area contributed by atoms with E-state index in [2.05, 4.69) is 32.2 Å². The summed E-state index contributed by atoms with van der Waals surface area (Å²) in [5.41, 5.74) is 7.76. The highest BCUT2D eigenvalue weighted by Crippen LogP contribution is 2.44. The first-order valence-corrected chi connectivity index (χ1v) is 15.0. The van der Waals surface area contributed by atoms with Gasteiger partial charge in [-0.25, -0.2) is 4.85 Å². The van der Waals surface area contributed by atoms with Gasteiger partial charge in [0.2, 0.25) is 0 Å². The molecule has 6 heteroatoms. The number of rotatable bonds is 3. The van der Waals surface area contributed by atoms with Crippen LogP contribution in [0.1, 0.15) is 16.7 Å². The molecule has 222 valence electrons. The standard InChI is InChI=1S/C40H26F3N3/c1-24-12-17-36-31(20-24)28-8-4-6-10-34(28)45(36)38-19-14-26(40(41,42)43)22-33(38)30-16-15-27(44-3)23-39(30)46-35-11-7-5-9-29(35)32-21-25(2)13-18-37(32)46/h4-23H,1-2H3. The molecule has 0 bridgehead atoms. The highest BCUT2D eigenvalue weighted by Gasteiger charge is 2.32. The van der Waals surface area contributed by atoms with E-state index in [9.17, 15) is 13.2 Å². The van der Waals surface area contributed by atoms with Crippen LogP contribution in [0, 0.1) is 20.4 Å². The van der Waals surface area contributed by atoms with E-state index in [1.807, 2.05) is 80.6 Å². The molecule has 46 heavy (non-hydrogen) atoms. The summed E-state index contributed by atoms with van der Waals surface area (Å²) < 4.78 is 47.3. The molecule has 0 saturated heterocycles. The molecule has 8 rings (SSSR count). The average molecular weight is 606 g/mol. The van der Waals surface area contributed by atoms with Gasteiger partial charge in [-0.3, -0.25) is 0 Å². The maximum Gasteiger partial charge on any atom is 0.416 e. The zero-order valence-corrected chi connectivity index (χ0v) is 25.0. The van der Waals surface area contributed by atoms with Crippen LogP contribution in [-0.2, 0) is 6.18 Å². The molecule has 0 amide bonds. The van der Waals surface area contributed by atoms with Crippen LogP contribution >= 0.6 is 0 Å². The van der Waals surface area contributed by atoms with Crippen LogP contribution in [0.4, 0.5) is 18.9 Å². The number of aromatic nitrogens is 2. The number of fused-ring (bicyclic) bond motifs is 6. The number of halogens is 3. The third-order valence-electron chi connectivity index (χ3n) is 8.86. The minimum atomic E-state index is -4.55. The summed E-state index contributed by atoms with van der Waals surface area (Å²) in [5, 5.41) is 4.12. The summed E-state index contributed by atoms with van der Waals surface area (Å²) in [6, 6.07) is 37.6. The van der Waals surface area contributed by atoms with Gasteiger partial charge in [-0.2, -0.15) is 13.2 Å². The number of aryl methyl sites for hydroxylation is 2. The van der Waals surface area contributed by atoms with Gasteiger partial charge in [-0.15, -0.1) is 0 Å². The monoisotopic (exact) mass is 605 g/mol. The fraction of sp³-hybridized carbons (Fsp3) is 0.0750. The molecule has 0 aliphatic heterocycles. The smallest absolute Gasteiger partial charge is 0.310 e. The van der Waals surface area contributed by atoms with Gasteiger partial charge in [0.05, 0.1) is 39.9 Å². The fourth-order valence-electron chi connectivity index (χ4n) is 6.82. The predicted molar refractivity (Wildman–Crippen MR) is 181 cm³/mol. The summed E-state index contributed by atoms with van der Waals surface area (Å²) in [5.74, 6) is 0. The lowest BCUT2D eigenvalue weighted by Gasteiger charge is -2.20. The van der Waals surface area contributed by atoms with Crippen molar-refractivity contribution >= 4 is 49.3 Å². The lowest BCUT2D eigenvalue weighted by molar-refractivity contribution is -0.137. The Labute approximate surface area is 263 Å². The Balaban J connectivity index is 1.53. The second-order valence-corrected chi connectivity index (χ2v) is 11.8. The Hall–Kier alpha value is -5.80. The van der Waals surface area contributed by atoms with Gasteiger partial charge in [0.25, 0.3) is 0 Å². The zero-order valence-electron chi connectivity index (χ0n) is 25.0. The first-order valence-electron chi connectivity index (χ1n) is 15.0. The van der Waals surface area contributed by atoms with E-state index < -0.39 is 11.7 Å². The third kappa shape index (κ3) is 4.20. The number of nitrogens with zero attached hydrogens (tertiary/aromatic N) is 3. The average Bonchev–Trinajstić information content (AvgIpc) is 3.56. The molecular weight excluding hydrogens is 579 g/mol. The van der Waals surface area contributed by atoms with Crippen LogP contribution in [0.2, 0.25) is 0 Å². The molecule has 0 unspecified atom stereocenters. The van der Waals surface area contributed by atoms with Crippen LogP contribution in [0.3, 0.4) is 0 Å². The minimum absolute atomic E-state index is 0.401. The van der Waals surface area contributed by atoms with Crippen molar-refractivity contribution in [2.24, 2.45) is 0 Å². The van der Waals surface area contributed by atoms with Gasteiger partial charge in [0, 0.05) is 38.4 Å². The summed E-state index contributed by atoms with van der Waals surface area (Å²) in [6.45, 7) is 11.9. The van der Waals surface area contributed by atoms with Crippen LogP contribution < -0.4 is 0 Å². The normalized spacial score (nSPS) is 12.0. The van der Waals surface area contributed by atoms with E-state index in [1.54, 1.807) is 24.3 Å². The molecule has 2 aromatic heterocycles. The first-order chi connectivity index (χ1) is 22.2. The second kappa shape index (κ2) is 10.1. The molecule has 8 aromatic rings. The Morgan fingerprint density at radius 3 is 1.63 bits per heavy atom. The van der Waals surface area contributed by atoms with Gasteiger partial charge in [-0.1, -0.05) is 71.8 Å². The summed E-state index contributed by atoms with van der Waals surface area (Å²) in [7, 11) is 0. The Morgan fingerprint density at radius 2 is 1.07 bits per heavy atom. The summed E-state index contributed by atoms with van der Waals surface area (Å²) >= 11 is 0. The molecule has 0 N–H and O–H groups in total. The van der Waals surface area contributed by atoms with Crippen molar-refractivity contribution in [3.63, 3.8) is 0 Å².